The molecule has 19 heteroatoms. The Kier molecular flexibility index (Phi) is 41.2. The van der Waals surface area contributed by atoms with E-state index in [4.69, 9.17) is 28.4 Å². The van der Waals surface area contributed by atoms with E-state index in [1.54, 1.807) is 6.08 Å². The summed E-state index contributed by atoms with van der Waals surface area (Å²) < 4.78 is 34.3. The lowest BCUT2D eigenvalue weighted by Crippen LogP contribution is -2.66. The number of carbonyl (C=O) groups excluding carboxylic acids is 1. The second-order valence-corrected chi connectivity index (χ2v) is 22.5. The van der Waals surface area contributed by atoms with Crippen molar-refractivity contribution in [2.45, 2.75) is 304 Å². The summed E-state index contributed by atoms with van der Waals surface area (Å²) >= 11 is 0. The third-order valence-electron chi connectivity index (χ3n) is 15.6. The zero-order valence-corrected chi connectivity index (χ0v) is 49.7. The van der Waals surface area contributed by atoms with Gasteiger partial charge in [0.2, 0.25) is 5.91 Å². The first-order chi connectivity index (χ1) is 39.8. The molecular formula is C63H111NO18. The van der Waals surface area contributed by atoms with Crippen molar-refractivity contribution in [3.05, 3.63) is 60.8 Å². The summed E-state index contributed by atoms with van der Waals surface area (Å²) in [6.07, 6.45) is 26.2. The number of hydrogen-bond donors (Lipinski definition) is 12. The van der Waals surface area contributed by atoms with E-state index >= 15 is 0 Å². The van der Waals surface area contributed by atoms with Crippen LogP contribution in [0.15, 0.2) is 60.8 Å². The quantitative estimate of drug-likeness (QED) is 0.0231. The minimum absolute atomic E-state index is 0.0323. The van der Waals surface area contributed by atoms with Crippen molar-refractivity contribution in [3.63, 3.8) is 0 Å². The molecule has 0 saturated carbocycles. The molecule has 3 aliphatic heterocycles. The summed E-state index contributed by atoms with van der Waals surface area (Å²) in [5, 5.41) is 120. The standard InChI is InChI=1S/C63H111NO18/c1-3-5-7-9-11-13-15-17-19-20-21-22-23-24-25-27-28-30-32-34-36-38-40-47(68)46(64-51(69)41-39-37-35-33-31-29-26-18-16-14-12-10-8-6-4-2)45-77-61-57(75)54(72)59(49(43-66)79-61)82-63-58(76)55(73)60(50(44-67)80-63)81-62-56(74)53(71)52(70)48(42-65)78-62/h6,8,12,14,18,26,31,33,37,39,46-50,52-63,65-68,70-76H,3-5,7,9-11,13,15-17,19-25,27-30,32,34-36,38,40-45H2,1-2H3,(H,64,69)/b8-6-,14-12-,26-18-,33-31-,39-37-. The first-order valence-electron chi connectivity index (χ1n) is 31.5. The van der Waals surface area contributed by atoms with Gasteiger partial charge in [0.15, 0.2) is 18.9 Å². The smallest absolute Gasteiger partial charge is 0.224 e. The van der Waals surface area contributed by atoms with Crippen LogP contribution in [0.2, 0.25) is 0 Å². The van der Waals surface area contributed by atoms with Crippen LogP contribution in [-0.2, 0) is 33.2 Å². The highest BCUT2D eigenvalue weighted by atomic mass is 16.8. The largest absolute Gasteiger partial charge is 0.394 e. The number of amides is 1. The van der Waals surface area contributed by atoms with E-state index in [2.05, 4.69) is 61.7 Å². The van der Waals surface area contributed by atoms with Gasteiger partial charge in [0.05, 0.1) is 38.6 Å². The maximum absolute atomic E-state index is 13.3. The van der Waals surface area contributed by atoms with Crippen LogP contribution < -0.4 is 5.32 Å². The highest BCUT2D eigenvalue weighted by molar-refractivity contribution is 5.77. The normalized spacial score (nSPS) is 30.0. The molecule has 3 rings (SSSR count). The summed E-state index contributed by atoms with van der Waals surface area (Å²) in [7, 11) is 0. The molecule has 0 aromatic carbocycles. The molecule has 0 aliphatic carbocycles. The minimum Gasteiger partial charge on any atom is -0.394 e. The fraction of sp³-hybridized carbons (Fsp3) is 0.825. The molecule has 0 radical (unpaired) electrons. The highest BCUT2D eigenvalue weighted by Gasteiger charge is 2.53. The highest BCUT2D eigenvalue weighted by Crippen LogP contribution is 2.33. The molecule has 0 spiro atoms. The predicted molar refractivity (Wildman–Crippen MR) is 314 cm³/mol. The molecular weight excluding hydrogens is 1060 g/mol. The molecule has 12 N–H and O–H groups in total. The van der Waals surface area contributed by atoms with Gasteiger partial charge in [0.25, 0.3) is 0 Å². The molecule has 476 valence electrons. The number of allylic oxidation sites excluding steroid dienone is 9. The van der Waals surface area contributed by atoms with E-state index in [0.717, 1.165) is 44.9 Å². The lowest BCUT2D eigenvalue weighted by atomic mass is 9.96. The molecule has 0 bridgehead atoms. The second-order valence-electron chi connectivity index (χ2n) is 22.5. The van der Waals surface area contributed by atoms with E-state index in [1.165, 1.54) is 116 Å². The van der Waals surface area contributed by atoms with E-state index in [9.17, 15) is 61.0 Å². The van der Waals surface area contributed by atoms with Gasteiger partial charge < -0.3 is 89.9 Å². The van der Waals surface area contributed by atoms with Crippen molar-refractivity contribution in [1.29, 1.82) is 0 Å². The summed E-state index contributed by atoms with van der Waals surface area (Å²) in [4.78, 5) is 13.3. The number of unbranched alkanes of at least 4 members (excludes halogenated alkanes) is 21. The van der Waals surface area contributed by atoms with Crippen LogP contribution >= 0.6 is 0 Å². The number of aliphatic hydroxyl groups excluding tert-OH is 11. The van der Waals surface area contributed by atoms with Gasteiger partial charge in [0.1, 0.15) is 73.2 Å². The molecule has 82 heavy (non-hydrogen) atoms. The molecule has 3 heterocycles. The molecule has 3 aliphatic rings. The molecule has 0 aromatic heterocycles. The predicted octanol–water partition coefficient (Wildman–Crippen LogP) is 6.43. The molecule has 17 unspecified atom stereocenters. The number of carbonyl (C=O) groups is 1. The van der Waals surface area contributed by atoms with Crippen LogP contribution in [0.4, 0.5) is 0 Å². The Bertz CT molecular complexity index is 1730. The van der Waals surface area contributed by atoms with Gasteiger partial charge in [-0.05, 0) is 38.5 Å². The number of aliphatic hydroxyl groups is 11. The van der Waals surface area contributed by atoms with Crippen LogP contribution in [0.5, 0.6) is 0 Å². The average Bonchev–Trinajstić information content (AvgIpc) is 3.40. The van der Waals surface area contributed by atoms with Crippen molar-refractivity contribution in [2.24, 2.45) is 0 Å². The Hall–Kier alpha value is -2.51. The number of hydrogen-bond acceptors (Lipinski definition) is 18. The molecule has 0 aromatic rings. The maximum atomic E-state index is 13.3. The molecule has 1 amide bonds. The Morgan fingerprint density at radius 1 is 0.439 bits per heavy atom. The molecule has 19 nitrogen and oxygen atoms in total. The lowest BCUT2D eigenvalue weighted by Gasteiger charge is -2.48. The zero-order valence-electron chi connectivity index (χ0n) is 49.7. The third-order valence-corrected chi connectivity index (χ3v) is 15.6. The Morgan fingerprint density at radius 2 is 0.793 bits per heavy atom. The molecule has 3 fully saturated rings. The van der Waals surface area contributed by atoms with Gasteiger partial charge >= 0.3 is 0 Å². The lowest BCUT2D eigenvalue weighted by molar-refractivity contribution is -0.379. The third kappa shape index (κ3) is 28.8. The summed E-state index contributed by atoms with van der Waals surface area (Å²) in [6.45, 7) is 1.61. The van der Waals surface area contributed by atoms with Crippen LogP contribution in [0.25, 0.3) is 0 Å². The van der Waals surface area contributed by atoms with Crippen molar-refractivity contribution in [1.82, 2.24) is 5.32 Å². The second kappa shape index (κ2) is 45.8. The van der Waals surface area contributed by atoms with E-state index in [1.807, 2.05) is 12.2 Å². The first kappa shape index (κ1) is 73.7. The van der Waals surface area contributed by atoms with Crippen molar-refractivity contribution < 1.29 is 89.4 Å². The van der Waals surface area contributed by atoms with E-state index in [0.29, 0.717) is 19.3 Å². The zero-order chi connectivity index (χ0) is 59.7. The van der Waals surface area contributed by atoms with Gasteiger partial charge in [-0.3, -0.25) is 4.79 Å². The van der Waals surface area contributed by atoms with Crippen molar-refractivity contribution in [3.8, 4) is 0 Å². The summed E-state index contributed by atoms with van der Waals surface area (Å²) in [6, 6.07) is -0.944. The Balaban J connectivity index is 1.49. The Labute approximate surface area is 490 Å². The van der Waals surface area contributed by atoms with Crippen LogP contribution in [-0.4, -0.2) is 193 Å². The number of rotatable bonds is 46. The van der Waals surface area contributed by atoms with Crippen molar-refractivity contribution >= 4 is 5.91 Å². The van der Waals surface area contributed by atoms with E-state index < -0.39 is 124 Å². The summed E-state index contributed by atoms with van der Waals surface area (Å²) in [5.74, 6) is -0.370. The SMILES string of the molecule is CC/C=C\C/C=C\C/C=C\C/C=C\C/C=C\CC(=O)NC(COC1OC(CO)C(OC2OC(CO)C(OC3OC(CO)C(O)C(O)C3O)C(O)C2O)C(O)C1O)C(O)CCCCCCCCCCCCCCCCCCCCCCCC. The van der Waals surface area contributed by atoms with Crippen LogP contribution in [0.3, 0.4) is 0 Å². The van der Waals surface area contributed by atoms with E-state index in [-0.39, 0.29) is 18.9 Å². The number of ether oxygens (including phenoxy) is 6. The van der Waals surface area contributed by atoms with Gasteiger partial charge in [-0.15, -0.1) is 0 Å². The maximum Gasteiger partial charge on any atom is 0.224 e. The first-order valence-corrected chi connectivity index (χ1v) is 31.5. The average molecular weight is 1170 g/mol. The Morgan fingerprint density at radius 3 is 1.21 bits per heavy atom. The fourth-order valence-corrected chi connectivity index (χ4v) is 10.5. The topological polar surface area (TPSA) is 307 Å². The van der Waals surface area contributed by atoms with Gasteiger partial charge in [0, 0.05) is 6.42 Å². The van der Waals surface area contributed by atoms with Gasteiger partial charge in [-0.1, -0.05) is 216 Å². The monoisotopic (exact) mass is 1170 g/mol. The van der Waals surface area contributed by atoms with Crippen molar-refractivity contribution in [2.75, 3.05) is 26.4 Å². The molecule has 3 saturated heterocycles. The van der Waals surface area contributed by atoms with Crippen LogP contribution in [0, 0.1) is 0 Å². The van der Waals surface area contributed by atoms with Gasteiger partial charge in [-0.25, -0.2) is 0 Å². The fourth-order valence-electron chi connectivity index (χ4n) is 10.5. The minimum atomic E-state index is -1.98. The summed E-state index contributed by atoms with van der Waals surface area (Å²) in [5.41, 5.74) is 0. The van der Waals surface area contributed by atoms with Crippen LogP contribution in [0.1, 0.15) is 200 Å². The molecule has 17 atom stereocenters. The number of nitrogens with one attached hydrogen (secondary N) is 1. The van der Waals surface area contributed by atoms with Gasteiger partial charge in [-0.2, -0.15) is 0 Å².